The Morgan fingerprint density at radius 3 is 1.97 bits per heavy atom. The zero-order chi connectivity index (χ0) is 20.8. The van der Waals surface area contributed by atoms with Gasteiger partial charge in [-0.1, -0.05) is 12.1 Å². The van der Waals surface area contributed by atoms with E-state index in [1.54, 1.807) is 54.6 Å². The molecule has 148 valence electrons. The maximum absolute atomic E-state index is 12.8. The molecule has 0 aliphatic heterocycles. The number of hydrogen-bond acceptors (Lipinski definition) is 5. The Morgan fingerprint density at radius 1 is 0.759 bits per heavy atom. The van der Waals surface area contributed by atoms with E-state index in [1.165, 1.54) is 26.4 Å². The topological polar surface area (TPSA) is 96.9 Å². The maximum atomic E-state index is 12.8. The molecule has 0 unspecified atom stereocenters. The van der Waals surface area contributed by atoms with Crippen LogP contribution in [0.1, 0.15) is 20.7 Å². The van der Waals surface area contributed by atoms with E-state index in [1.807, 2.05) is 0 Å². The zero-order valence-electron chi connectivity index (χ0n) is 15.9. The lowest BCUT2D eigenvalue weighted by Gasteiger charge is -2.13. The monoisotopic (exact) mass is 392 g/mol. The Morgan fingerprint density at radius 2 is 1.34 bits per heavy atom. The predicted octanol–water partition coefficient (Wildman–Crippen LogP) is 3.91. The van der Waals surface area contributed by atoms with E-state index in [0.717, 1.165) is 0 Å². The van der Waals surface area contributed by atoms with E-state index in [9.17, 15) is 14.7 Å². The van der Waals surface area contributed by atoms with Crippen LogP contribution in [0.15, 0.2) is 66.7 Å². The standard InChI is InChI=1S/C22H20N2O5/c1-28-18-7-4-8-19(29-2)20(18)22(27)24-16-6-3-5-14(13-16)21(26)23-15-9-11-17(25)12-10-15/h3-13,25H,1-2H3,(H,23,26)(H,24,27). The fourth-order valence-electron chi connectivity index (χ4n) is 2.75. The van der Waals surface area contributed by atoms with Gasteiger partial charge in [0.2, 0.25) is 0 Å². The molecule has 2 amide bonds. The summed E-state index contributed by atoms with van der Waals surface area (Å²) in [7, 11) is 2.94. The summed E-state index contributed by atoms with van der Waals surface area (Å²) < 4.78 is 10.5. The molecule has 0 atom stereocenters. The van der Waals surface area contributed by atoms with Crippen molar-refractivity contribution >= 4 is 23.2 Å². The van der Waals surface area contributed by atoms with Crippen LogP contribution in [-0.2, 0) is 0 Å². The highest BCUT2D eigenvalue weighted by Crippen LogP contribution is 2.29. The molecule has 0 saturated carbocycles. The summed E-state index contributed by atoms with van der Waals surface area (Å²) in [5, 5.41) is 14.8. The molecule has 7 nitrogen and oxygen atoms in total. The number of nitrogens with one attached hydrogen (secondary N) is 2. The van der Waals surface area contributed by atoms with Crippen molar-refractivity contribution in [3.8, 4) is 17.2 Å². The number of aromatic hydroxyl groups is 1. The molecule has 0 aliphatic carbocycles. The Balaban J connectivity index is 1.79. The Kier molecular flexibility index (Phi) is 5.99. The number of phenolic OH excluding ortho intramolecular Hbond substituents is 1. The van der Waals surface area contributed by atoms with Crippen molar-refractivity contribution in [2.24, 2.45) is 0 Å². The third-order valence-electron chi connectivity index (χ3n) is 4.16. The van der Waals surface area contributed by atoms with Crippen LogP contribution in [0, 0.1) is 0 Å². The lowest BCUT2D eigenvalue weighted by Crippen LogP contribution is -2.16. The molecule has 3 aromatic rings. The van der Waals surface area contributed by atoms with Crippen LogP contribution in [-0.4, -0.2) is 31.1 Å². The Hall–Kier alpha value is -4.00. The Bertz CT molecular complexity index is 1010. The van der Waals surface area contributed by atoms with Gasteiger partial charge in [-0.3, -0.25) is 9.59 Å². The van der Waals surface area contributed by atoms with Gasteiger partial charge in [0.15, 0.2) is 0 Å². The number of ether oxygens (including phenoxy) is 2. The second-order valence-electron chi connectivity index (χ2n) is 6.07. The number of phenols is 1. The van der Waals surface area contributed by atoms with E-state index < -0.39 is 5.91 Å². The van der Waals surface area contributed by atoms with Crippen molar-refractivity contribution in [3.63, 3.8) is 0 Å². The number of rotatable bonds is 6. The number of anilines is 2. The average molecular weight is 392 g/mol. The highest BCUT2D eigenvalue weighted by molar-refractivity contribution is 6.09. The summed E-state index contributed by atoms with van der Waals surface area (Å²) in [5.41, 5.74) is 1.61. The quantitative estimate of drug-likeness (QED) is 0.553. The lowest BCUT2D eigenvalue weighted by atomic mass is 10.1. The third kappa shape index (κ3) is 4.65. The summed E-state index contributed by atoms with van der Waals surface area (Å²) in [6.45, 7) is 0. The molecular weight excluding hydrogens is 372 g/mol. The first-order valence-corrected chi connectivity index (χ1v) is 8.74. The van der Waals surface area contributed by atoms with Crippen molar-refractivity contribution in [2.45, 2.75) is 0 Å². The summed E-state index contributed by atoms with van der Waals surface area (Å²) in [6, 6.07) is 17.7. The van der Waals surface area contributed by atoms with Crippen LogP contribution in [0.5, 0.6) is 17.2 Å². The van der Waals surface area contributed by atoms with Gasteiger partial charge in [-0.15, -0.1) is 0 Å². The third-order valence-corrected chi connectivity index (χ3v) is 4.16. The molecule has 0 aliphatic rings. The first-order valence-electron chi connectivity index (χ1n) is 8.74. The lowest BCUT2D eigenvalue weighted by molar-refractivity contribution is 0.101. The first kappa shape index (κ1) is 19.8. The molecule has 3 aromatic carbocycles. The highest BCUT2D eigenvalue weighted by Gasteiger charge is 2.18. The van der Waals surface area contributed by atoms with Gasteiger partial charge in [0, 0.05) is 16.9 Å². The Labute approximate surface area is 167 Å². The van der Waals surface area contributed by atoms with E-state index in [2.05, 4.69) is 10.6 Å². The molecule has 0 spiro atoms. The SMILES string of the molecule is COc1cccc(OC)c1C(=O)Nc1cccc(C(=O)Nc2ccc(O)cc2)c1. The van der Waals surface area contributed by atoms with Gasteiger partial charge in [-0.25, -0.2) is 0 Å². The van der Waals surface area contributed by atoms with Crippen LogP contribution in [0.4, 0.5) is 11.4 Å². The fourth-order valence-corrected chi connectivity index (χ4v) is 2.75. The molecule has 0 radical (unpaired) electrons. The first-order chi connectivity index (χ1) is 14.0. The fraction of sp³-hybridized carbons (Fsp3) is 0.0909. The number of carbonyl (C=O) groups excluding carboxylic acids is 2. The molecule has 29 heavy (non-hydrogen) atoms. The summed E-state index contributed by atoms with van der Waals surface area (Å²) in [6.07, 6.45) is 0. The van der Waals surface area contributed by atoms with Crippen LogP contribution >= 0.6 is 0 Å². The van der Waals surface area contributed by atoms with E-state index in [0.29, 0.717) is 28.4 Å². The van der Waals surface area contributed by atoms with Crippen LogP contribution in [0.25, 0.3) is 0 Å². The average Bonchev–Trinajstić information content (AvgIpc) is 2.74. The largest absolute Gasteiger partial charge is 0.508 e. The minimum absolute atomic E-state index is 0.111. The molecule has 0 aromatic heterocycles. The van der Waals surface area contributed by atoms with E-state index in [-0.39, 0.29) is 17.2 Å². The second kappa shape index (κ2) is 8.79. The van der Waals surface area contributed by atoms with Crippen LogP contribution < -0.4 is 20.1 Å². The molecule has 7 heteroatoms. The van der Waals surface area contributed by atoms with Crippen molar-refractivity contribution in [1.29, 1.82) is 0 Å². The molecule has 3 rings (SSSR count). The number of carbonyl (C=O) groups is 2. The molecule has 0 bridgehead atoms. The zero-order valence-corrected chi connectivity index (χ0v) is 15.9. The molecule has 3 N–H and O–H groups in total. The van der Waals surface area contributed by atoms with Crippen LogP contribution in [0.2, 0.25) is 0 Å². The molecule has 0 heterocycles. The van der Waals surface area contributed by atoms with Crippen molar-refractivity contribution < 1.29 is 24.2 Å². The van der Waals surface area contributed by atoms with Gasteiger partial charge in [0.05, 0.1) is 14.2 Å². The second-order valence-corrected chi connectivity index (χ2v) is 6.07. The van der Waals surface area contributed by atoms with Crippen molar-refractivity contribution in [3.05, 3.63) is 77.9 Å². The van der Waals surface area contributed by atoms with Crippen molar-refractivity contribution in [2.75, 3.05) is 24.9 Å². The van der Waals surface area contributed by atoms with Gasteiger partial charge in [0.1, 0.15) is 22.8 Å². The number of benzene rings is 3. The van der Waals surface area contributed by atoms with E-state index in [4.69, 9.17) is 9.47 Å². The molecule has 0 saturated heterocycles. The minimum atomic E-state index is -0.421. The van der Waals surface area contributed by atoms with Crippen LogP contribution in [0.3, 0.4) is 0 Å². The van der Waals surface area contributed by atoms with Crippen molar-refractivity contribution in [1.82, 2.24) is 0 Å². The van der Waals surface area contributed by atoms with Gasteiger partial charge < -0.3 is 25.2 Å². The smallest absolute Gasteiger partial charge is 0.263 e. The van der Waals surface area contributed by atoms with Gasteiger partial charge in [0.25, 0.3) is 11.8 Å². The number of hydrogen-bond donors (Lipinski definition) is 3. The summed E-state index contributed by atoms with van der Waals surface area (Å²) in [5.74, 6) is 0.0997. The van der Waals surface area contributed by atoms with Gasteiger partial charge >= 0.3 is 0 Å². The summed E-state index contributed by atoms with van der Waals surface area (Å²) >= 11 is 0. The summed E-state index contributed by atoms with van der Waals surface area (Å²) in [4.78, 5) is 25.3. The normalized spacial score (nSPS) is 10.1. The predicted molar refractivity (Wildman–Crippen MR) is 110 cm³/mol. The van der Waals surface area contributed by atoms with Gasteiger partial charge in [-0.2, -0.15) is 0 Å². The highest BCUT2D eigenvalue weighted by atomic mass is 16.5. The number of methoxy groups -OCH3 is 2. The van der Waals surface area contributed by atoms with E-state index >= 15 is 0 Å². The molecule has 0 fully saturated rings. The minimum Gasteiger partial charge on any atom is -0.508 e. The number of amides is 2. The maximum Gasteiger partial charge on any atom is 0.263 e. The molecular formula is C22H20N2O5. The van der Waals surface area contributed by atoms with Gasteiger partial charge in [-0.05, 0) is 54.6 Å².